The van der Waals surface area contributed by atoms with Gasteiger partial charge in [-0.05, 0) is 43.5 Å². The molecule has 29 heavy (non-hydrogen) atoms. The van der Waals surface area contributed by atoms with Gasteiger partial charge in [-0.25, -0.2) is 21.2 Å². The lowest BCUT2D eigenvalue weighted by molar-refractivity contribution is -0.138. The molecule has 0 radical (unpaired) electrons. The third kappa shape index (κ3) is 4.87. The predicted molar refractivity (Wildman–Crippen MR) is 107 cm³/mol. The van der Waals surface area contributed by atoms with Crippen LogP contribution in [0.2, 0.25) is 0 Å². The molecular weight excluding hydrogens is 419 g/mol. The average molecular weight is 445 g/mol. The molecule has 1 aromatic rings. The van der Waals surface area contributed by atoms with Gasteiger partial charge in [0.2, 0.25) is 15.9 Å². The van der Waals surface area contributed by atoms with Crippen molar-refractivity contribution in [3.05, 3.63) is 42.7 Å². The Morgan fingerprint density at radius 3 is 2.55 bits per heavy atom. The minimum atomic E-state index is -3.84. The second-order valence-corrected chi connectivity index (χ2v) is 11.7. The summed E-state index contributed by atoms with van der Waals surface area (Å²) in [6.45, 7) is 4.18. The van der Waals surface area contributed by atoms with Crippen molar-refractivity contribution in [1.82, 2.24) is 9.21 Å². The Morgan fingerprint density at radius 2 is 1.97 bits per heavy atom. The number of sulfone groups is 1. The molecule has 0 spiro atoms. The third-order valence-corrected chi connectivity index (χ3v) is 9.07. The van der Waals surface area contributed by atoms with Crippen molar-refractivity contribution in [3.8, 4) is 0 Å². The molecule has 3 rings (SSSR count). The van der Waals surface area contributed by atoms with Gasteiger partial charge < -0.3 is 4.90 Å². The number of halogens is 1. The fourth-order valence-electron chi connectivity index (χ4n) is 3.93. The van der Waals surface area contributed by atoms with Gasteiger partial charge in [-0.1, -0.05) is 6.08 Å². The number of hydrogen-bond donors (Lipinski definition) is 0. The first-order chi connectivity index (χ1) is 13.6. The van der Waals surface area contributed by atoms with E-state index in [2.05, 4.69) is 6.58 Å². The zero-order valence-corrected chi connectivity index (χ0v) is 17.7. The van der Waals surface area contributed by atoms with E-state index >= 15 is 0 Å². The lowest BCUT2D eigenvalue weighted by Gasteiger charge is -2.36. The van der Waals surface area contributed by atoms with E-state index in [1.807, 2.05) is 0 Å². The van der Waals surface area contributed by atoms with Crippen LogP contribution < -0.4 is 0 Å². The van der Waals surface area contributed by atoms with Crippen LogP contribution in [0, 0.1) is 11.7 Å². The zero-order chi connectivity index (χ0) is 21.2. The monoisotopic (exact) mass is 444 g/mol. The second kappa shape index (κ2) is 8.53. The van der Waals surface area contributed by atoms with Gasteiger partial charge >= 0.3 is 0 Å². The number of carbonyl (C=O) groups is 1. The number of carbonyl (C=O) groups excluding carboxylic acids is 1. The zero-order valence-electron chi connectivity index (χ0n) is 16.0. The lowest BCUT2D eigenvalue weighted by atomic mass is 9.97. The third-order valence-electron chi connectivity index (χ3n) is 5.44. The summed E-state index contributed by atoms with van der Waals surface area (Å²) in [4.78, 5) is 14.7. The van der Waals surface area contributed by atoms with Gasteiger partial charge in [0.15, 0.2) is 9.84 Å². The van der Waals surface area contributed by atoms with Crippen molar-refractivity contribution in [2.24, 2.45) is 5.92 Å². The number of hydrogen-bond acceptors (Lipinski definition) is 5. The number of amides is 1. The molecule has 10 heteroatoms. The summed E-state index contributed by atoms with van der Waals surface area (Å²) in [5, 5.41) is 0. The SMILES string of the molecule is C=CCN(C(=O)[C@H]1CCCN(S(=O)(=O)c2ccc(F)cc2)C1)[C@@H]1CCS(=O)(=O)C1. The summed E-state index contributed by atoms with van der Waals surface area (Å²) in [6.07, 6.45) is 2.98. The minimum absolute atomic E-state index is 0.0168. The largest absolute Gasteiger partial charge is 0.335 e. The molecule has 0 bridgehead atoms. The number of sulfonamides is 1. The summed E-state index contributed by atoms with van der Waals surface area (Å²) < 4.78 is 63.8. The molecule has 0 aromatic heterocycles. The fourth-order valence-corrected chi connectivity index (χ4v) is 7.19. The van der Waals surface area contributed by atoms with Crippen molar-refractivity contribution >= 4 is 25.8 Å². The van der Waals surface area contributed by atoms with E-state index in [0.29, 0.717) is 19.3 Å². The lowest BCUT2D eigenvalue weighted by Crippen LogP contribution is -2.50. The van der Waals surface area contributed by atoms with Crippen LogP contribution in [0.5, 0.6) is 0 Å². The first kappa shape index (κ1) is 21.9. The van der Waals surface area contributed by atoms with Crippen LogP contribution in [0.3, 0.4) is 0 Å². The molecule has 1 aromatic carbocycles. The van der Waals surface area contributed by atoms with Crippen molar-refractivity contribution in [2.75, 3.05) is 31.1 Å². The Balaban J connectivity index is 1.77. The van der Waals surface area contributed by atoms with Crippen LogP contribution in [0.4, 0.5) is 4.39 Å². The van der Waals surface area contributed by atoms with E-state index in [1.165, 1.54) is 21.3 Å². The van der Waals surface area contributed by atoms with Gasteiger partial charge in [-0.15, -0.1) is 6.58 Å². The van der Waals surface area contributed by atoms with Crippen LogP contribution in [0.1, 0.15) is 19.3 Å². The highest BCUT2D eigenvalue weighted by atomic mass is 32.2. The number of nitrogens with zero attached hydrogens (tertiary/aromatic N) is 2. The maximum atomic E-state index is 13.2. The van der Waals surface area contributed by atoms with Gasteiger partial charge in [-0.3, -0.25) is 4.79 Å². The molecule has 2 aliphatic heterocycles. The smallest absolute Gasteiger partial charge is 0.243 e. The highest BCUT2D eigenvalue weighted by Crippen LogP contribution is 2.27. The molecule has 2 atom stereocenters. The molecule has 0 aliphatic carbocycles. The highest BCUT2D eigenvalue weighted by molar-refractivity contribution is 7.91. The number of rotatable bonds is 6. The van der Waals surface area contributed by atoms with Gasteiger partial charge in [0.1, 0.15) is 5.82 Å². The van der Waals surface area contributed by atoms with Crippen LogP contribution in [0.25, 0.3) is 0 Å². The summed E-state index contributed by atoms with van der Waals surface area (Å²) >= 11 is 0. The highest BCUT2D eigenvalue weighted by Gasteiger charge is 2.39. The second-order valence-electron chi connectivity index (χ2n) is 7.49. The summed E-state index contributed by atoms with van der Waals surface area (Å²) in [5.74, 6) is -1.35. The van der Waals surface area contributed by atoms with Crippen molar-refractivity contribution in [1.29, 1.82) is 0 Å². The molecule has 7 nitrogen and oxygen atoms in total. The first-order valence-electron chi connectivity index (χ1n) is 9.51. The van der Waals surface area contributed by atoms with Crippen LogP contribution in [-0.4, -0.2) is 69.1 Å². The topological polar surface area (TPSA) is 91.8 Å². The maximum Gasteiger partial charge on any atom is 0.243 e. The van der Waals surface area contributed by atoms with Crippen LogP contribution >= 0.6 is 0 Å². The number of piperidine rings is 1. The Labute approximate surface area is 171 Å². The quantitative estimate of drug-likeness (QED) is 0.619. The van der Waals surface area contributed by atoms with Crippen molar-refractivity contribution < 1.29 is 26.0 Å². The van der Waals surface area contributed by atoms with Crippen molar-refractivity contribution in [3.63, 3.8) is 0 Å². The number of benzene rings is 1. The minimum Gasteiger partial charge on any atom is -0.335 e. The van der Waals surface area contributed by atoms with Crippen LogP contribution in [-0.2, 0) is 24.7 Å². The molecule has 0 saturated carbocycles. The molecule has 0 unspecified atom stereocenters. The Hall–Kier alpha value is -1.78. The van der Waals surface area contributed by atoms with E-state index in [4.69, 9.17) is 0 Å². The Bertz CT molecular complexity index is 976. The summed E-state index contributed by atoms with van der Waals surface area (Å²) in [6, 6.07) is 4.19. The molecule has 2 saturated heterocycles. The summed E-state index contributed by atoms with van der Waals surface area (Å²) in [5.41, 5.74) is 0. The van der Waals surface area contributed by atoms with E-state index < -0.39 is 37.6 Å². The molecule has 2 aliphatic rings. The van der Waals surface area contributed by atoms with Crippen molar-refractivity contribution in [2.45, 2.75) is 30.2 Å². The normalized spacial score (nSPS) is 24.9. The fraction of sp³-hybridized carbons (Fsp3) is 0.526. The molecule has 2 heterocycles. The molecule has 2 fully saturated rings. The molecule has 0 N–H and O–H groups in total. The standard InChI is InChI=1S/C19H25FN2O5S2/c1-2-10-22(17-9-12-28(24,25)14-17)19(23)15-4-3-11-21(13-15)29(26,27)18-7-5-16(20)6-8-18/h2,5-8,15,17H,1,3-4,9-14H2/t15-,17+/m0/s1. The van der Waals surface area contributed by atoms with E-state index in [1.54, 1.807) is 6.08 Å². The maximum absolute atomic E-state index is 13.2. The van der Waals surface area contributed by atoms with E-state index in [-0.39, 0.29) is 41.9 Å². The molecular formula is C19H25FN2O5S2. The predicted octanol–water partition coefficient (Wildman–Crippen LogP) is 1.43. The average Bonchev–Trinajstić information content (AvgIpc) is 3.05. The van der Waals surface area contributed by atoms with Gasteiger partial charge in [-0.2, -0.15) is 4.31 Å². The van der Waals surface area contributed by atoms with Crippen LogP contribution in [0.15, 0.2) is 41.8 Å². The molecule has 1 amide bonds. The van der Waals surface area contributed by atoms with E-state index in [9.17, 15) is 26.0 Å². The summed E-state index contributed by atoms with van der Waals surface area (Å²) in [7, 11) is -7.00. The Morgan fingerprint density at radius 1 is 1.28 bits per heavy atom. The van der Waals surface area contributed by atoms with Gasteiger partial charge in [0.25, 0.3) is 0 Å². The Kier molecular flexibility index (Phi) is 6.45. The molecule has 160 valence electrons. The first-order valence-corrected chi connectivity index (χ1v) is 12.8. The van der Waals surface area contributed by atoms with Gasteiger partial charge in [0.05, 0.1) is 22.3 Å². The van der Waals surface area contributed by atoms with E-state index in [0.717, 1.165) is 12.1 Å². The van der Waals surface area contributed by atoms with Gasteiger partial charge in [0, 0.05) is 25.7 Å².